The van der Waals surface area contributed by atoms with Crippen molar-refractivity contribution in [2.75, 3.05) is 13.7 Å². The zero-order chi connectivity index (χ0) is 16.2. The molecule has 0 aliphatic heterocycles. The molecule has 0 aromatic heterocycles. The van der Waals surface area contributed by atoms with E-state index in [1.165, 1.54) is 13.2 Å². The number of hydrogen-bond donors (Lipinski definition) is 2. The molecule has 1 aromatic carbocycles. The van der Waals surface area contributed by atoms with Gasteiger partial charge in [-0.15, -0.1) is 0 Å². The molecule has 21 heavy (non-hydrogen) atoms. The highest BCUT2D eigenvalue weighted by Gasteiger charge is 2.22. The third kappa shape index (κ3) is 4.90. The summed E-state index contributed by atoms with van der Waals surface area (Å²) in [6.45, 7) is 7.01. The van der Waals surface area contributed by atoms with Gasteiger partial charge < -0.3 is 20.5 Å². The van der Waals surface area contributed by atoms with Crippen molar-refractivity contribution in [3.8, 4) is 5.75 Å². The van der Waals surface area contributed by atoms with Gasteiger partial charge in [-0.1, -0.05) is 0 Å². The molecule has 0 spiro atoms. The number of amides is 1. The van der Waals surface area contributed by atoms with E-state index in [2.05, 4.69) is 5.32 Å². The molecule has 1 aromatic rings. The molecule has 1 atom stereocenters. The van der Waals surface area contributed by atoms with Crippen LogP contribution >= 0.6 is 0 Å². The standard InChI is InChI=1S/C15H23FN2O3/c1-9-6-13(20-5)10(7-11(9)16)12(8-17)18-14(19)21-15(2,3)4/h6-7,12H,8,17H2,1-5H3,(H,18,19). The average Bonchev–Trinajstić information content (AvgIpc) is 2.36. The molecule has 0 bridgehead atoms. The summed E-state index contributed by atoms with van der Waals surface area (Å²) < 4.78 is 24.2. The molecule has 0 fully saturated rings. The van der Waals surface area contributed by atoms with E-state index in [4.69, 9.17) is 15.2 Å². The second kappa shape index (κ2) is 6.76. The number of carbonyl (C=O) groups excluding carboxylic acids is 1. The highest BCUT2D eigenvalue weighted by Crippen LogP contribution is 2.28. The first-order chi connectivity index (χ1) is 9.67. The van der Waals surface area contributed by atoms with Crippen LogP contribution in [0.1, 0.15) is 37.9 Å². The smallest absolute Gasteiger partial charge is 0.408 e. The van der Waals surface area contributed by atoms with E-state index in [9.17, 15) is 9.18 Å². The molecule has 0 heterocycles. The molecule has 0 aliphatic carbocycles. The summed E-state index contributed by atoms with van der Waals surface area (Å²) in [6.07, 6.45) is -0.610. The fraction of sp³-hybridized carbons (Fsp3) is 0.533. The molecular formula is C15H23FN2O3. The van der Waals surface area contributed by atoms with Gasteiger partial charge in [-0.05, 0) is 45.4 Å². The van der Waals surface area contributed by atoms with Gasteiger partial charge >= 0.3 is 6.09 Å². The van der Waals surface area contributed by atoms with E-state index in [-0.39, 0.29) is 12.4 Å². The van der Waals surface area contributed by atoms with Crippen molar-refractivity contribution in [1.29, 1.82) is 0 Å². The van der Waals surface area contributed by atoms with Crippen LogP contribution < -0.4 is 15.8 Å². The van der Waals surface area contributed by atoms with Gasteiger partial charge in [-0.25, -0.2) is 9.18 Å². The SMILES string of the molecule is COc1cc(C)c(F)cc1C(CN)NC(=O)OC(C)(C)C. The molecule has 0 saturated carbocycles. The van der Waals surface area contributed by atoms with Crippen LogP contribution in [-0.4, -0.2) is 25.3 Å². The lowest BCUT2D eigenvalue weighted by atomic mass is 10.0. The minimum Gasteiger partial charge on any atom is -0.496 e. The molecule has 5 nitrogen and oxygen atoms in total. The molecule has 1 unspecified atom stereocenters. The lowest BCUT2D eigenvalue weighted by Crippen LogP contribution is -2.38. The first kappa shape index (κ1) is 17.2. The Bertz CT molecular complexity index is 512. The number of rotatable bonds is 4. The van der Waals surface area contributed by atoms with Gasteiger partial charge in [0.25, 0.3) is 0 Å². The lowest BCUT2D eigenvalue weighted by molar-refractivity contribution is 0.0504. The fourth-order valence-corrected chi connectivity index (χ4v) is 1.83. The molecule has 1 amide bonds. The number of methoxy groups -OCH3 is 1. The Morgan fingerprint density at radius 1 is 1.43 bits per heavy atom. The van der Waals surface area contributed by atoms with Crippen LogP contribution in [0.2, 0.25) is 0 Å². The van der Waals surface area contributed by atoms with Gasteiger partial charge in [-0.2, -0.15) is 0 Å². The maximum Gasteiger partial charge on any atom is 0.408 e. The van der Waals surface area contributed by atoms with Crippen LogP contribution in [-0.2, 0) is 4.74 Å². The van der Waals surface area contributed by atoms with E-state index in [1.807, 2.05) is 0 Å². The number of hydrogen-bond acceptors (Lipinski definition) is 4. The van der Waals surface area contributed by atoms with Crippen LogP contribution in [0.25, 0.3) is 0 Å². The van der Waals surface area contributed by atoms with Gasteiger partial charge in [0.05, 0.1) is 13.2 Å². The maximum atomic E-state index is 13.8. The topological polar surface area (TPSA) is 73.6 Å². The van der Waals surface area contributed by atoms with Crippen molar-refractivity contribution in [3.63, 3.8) is 0 Å². The first-order valence-corrected chi connectivity index (χ1v) is 6.71. The Morgan fingerprint density at radius 2 is 2.05 bits per heavy atom. The van der Waals surface area contributed by atoms with Crippen molar-refractivity contribution >= 4 is 6.09 Å². The van der Waals surface area contributed by atoms with Crippen LogP contribution in [0.15, 0.2) is 12.1 Å². The highest BCUT2D eigenvalue weighted by atomic mass is 19.1. The van der Waals surface area contributed by atoms with Crippen molar-refractivity contribution < 1.29 is 18.7 Å². The second-order valence-corrected chi connectivity index (χ2v) is 5.78. The molecule has 0 radical (unpaired) electrons. The van der Waals surface area contributed by atoms with E-state index < -0.39 is 17.7 Å². The quantitative estimate of drug-likeness (QED) is 0.896. The summed E-state index contributed by atoms with van der Waals surface area (Å²) in [7, 11) is 1.48. The van der Waals surface area contributed by atoms with Crippen molar-refractivity contribution in [2.24, 2.45) is 5.73 Å². The number of alkyl carbamates (subject to hydrolysis) is 1. The molecule has 0 saturated heterocycles. The fourth-order valence-electron chi connectivity index (χ4n) is 1.83. The van der Waals surface area contributed by atoms with Crippen LogP contribution in [0.5, 0.6) is 5.75 Å². The lowest BCUT2D eigenvalue weighted by Gasteiger charge is -2.24. The third-order valence-electron chi connectivity index (χ3n) is 2.81. The normalized spacial score (nSPS) is 12.7. The van der Waals surface area contributed by atoms with Crippen LogP contribution in [0, 0.1) is 12.7 Å². The van der Waals surface area contributed by atoms with Crippen LogP contribution in [0.3, 0.4) is 0 Å². The van der Waals surface area contributed by atoms with Crippen molar-refractivity contribution in [2.45, 2.75) is 39.3 Å². The van der Waals surface area contributed by atoms with Gasteiger partial charge in [-0.3, -0.25) is 0 Å². The number of benzene rings is 1. The predicted molar refractivity (Wildman–Crippen MR) is 78.9 cm³/mol. The number of carbonyl (C=O) groups is 1. The summed E-state index contributed by atoms with van der Waals surface area (Å²) in [4.78, 5) is 11.8. The highest BCUT2D eigenvalue weighted by molar-refractivity contribution is 5.68. The molecular weight excluding hydrogens is 275 g/mol. The summed E-state index contributed by atoms with van der Waals surface area (Å²) in [5, 5.41) is 2.63. The average molecular weight is 298 g/mol. The van der Waals surface area contributed by atoms with E-state index in [0.29, 0.717) is 16.9 Å². The predicted octanol–water partition coefficient (Wildman–Crippen LogP) is 2.67. The number of aryl methyl sites for hydroxylation is 1. The summed E-state index contributed by atoms with van der Waals surface area (Å²) in [5.41, 5.74) is 6.00. The molecule has 0 aliphatic rings. The van der Waals surface area contributed by atoms with Gasteiger partial charge in [0, 0.05) is 12.1 Å². The van der Waals surface area contributed by atoms with E-state index in [0.717, 1.165) is 0 Å². The van der Waals surface area contributed by atoms with E-state index >= 15 is 0 Å². The Labute approximate surface area is 124 Å². The minimum atomic E-state index is -0.619. The Kier molecular flexibility index (Phi) is 5.54. The zero-order valence-electron chi connectivity index (χ0n) is 13.1. The maximum absolute atomic E-state index is 13.8. The van der Waals surface area contributed by atoms with Crippen LogP contribution in [0.4, 0.5) is 9.18 Å². The number of nitrogens with one attached hydrogen (secondary N) is 1. The van der Waals surface area contributed by atoms with Gasteiger partial charge in [0.1, 0.15) is 17.2 Å². The number of ether oxygens (including phenoxy) is 2. The molecule has 1 rings (SSSR count). The third-order valence-corrected chi connectivity index (χ3v) is 2.81. The Morgan fingerprint density at radius 3 is 2.52 bits per heavy atom. The molecule has 118 valence electrons. The van der Waals surface area contributed by atoms with Crippen molar-refractivity contribution in [1.82, 2.24) is 5.32 Å². The summed E-state index contributed by atoms with van der Waals surface area (Å²) >= 11 is 0. The van der Waals surface area contributed by atoms with E-state index in [1.54, 1.807) is 33.8 Å². The van der Waals surface area contributed by atoms with Crippen molar-refractivity contribution in [3.05, 3.63) is 29.1 Å². The second-order valence-electron chi connectivity index (χ2n) is 5.78. The Hall–Kier alpha value is -1.82. The van der Waals surface area contributed by atoms with Gasteiger partial charge in [0.2, 0.25) is 0 Å². The zero-order valence-corrected chi connectivity index (χ0v) is 13.1. The monoisotopic (exact) mass is 298 g/mol. The van der Waals surface area contributed by atoms with Gasteiger partial charge in [0.15, 0.2) is 0 Å². The largest absolute Gasteiger partial charge is 0.496 e. The first-order valence-electron chi connectivity index (χ1n) is 6.71. The number of halogens is 1. The summed E-state index contributed by atoms with van der Waals surface area (Å²) in [6, 6.07) is 2.30. The Balaban J connectivity index is 3.00. The molecule has 6 heteroatoms. The number of nitrogens with two attached hydrogens (primary N) is 1. The minimum absolute atomic E-state index is 0.0953. The summed E-state index contributed by atoms with van der Waals surface area (Å²) in [5.74, 6) is 0.0932. The molecule has 3 N–H and O–H groups in total.